The van der Waals surface area contributed by atoms with Crippen molar-refractivity contribution in [3.05, 3.63) is 23.5 Å². The highest BCUT2D eigenvalue weighted by atomic mass is 32.2. The number of hydrogen-bond donors (Lipinski definition) is 1. The lowest BCUT2D eigenvalue weighted by Gasteiger charge is -2.26. The SMILES string of the molecule is Cc1cc(F)c(NC2SCC(=O)N2CC(F)(F)F)cc1SCC(F)(F)F. The van der Waals surface area contributed by atoms with Crippen LogP contribution in [-0.2, 0) is 4.79 Å². The van der Waals surface area contributed by atoms with Crippen LogP contribution in [-0.4, -0.2) is 46.7 Å². The highest BCUT2D eigenvalue weighted by Crippen LogP contribution is 2.35. The van der Waals surface area contributed by atoms with Crippen molar-refractivity contribution in [1.29, 1.82) is 0 Å². The second kappa shape index (κ2) is 7.75. The number of anilines is 1. The number of carbonyl (C=O) groups is 1. The maximum atomic E-state index is 14.1. The molecule has 1 heterocycles. The molecule has 1 aromatic rings. The minimum atomic E-state index is -4.62. The average molecular weight is 422 g/mol. The minimum absolute atomic E-state index is 0.142. The quantitative estimate of drug-likeness (QED) is 0.555. The highest BCUT2D eigenvalue weighted by molar-refractivity contribution is 8.01. The molecule has 3 nitrogen and oxygen atoms in total. The third-order valence-electron chi connectivity index (χ3n) is 3.25. The molecule has 1 N–H and O–H groups in total. The number of nitrogens with zero attached hydrogens (tertiary/aromatic N) is 1. The van der Waals surface area contributed by atoms with Gasteiger partial charge in [0.05, 0.1) is 17.2 Å². The van der Waals surface area contributed by atoms with Gasteiger partial charge < -0.3 is 10.2 Å². The summed E-state index contributed by atoms with van der Waals surface area (Å²) in [5, 5.41) is 2.48. The van der Waals surface area contributed by atoms with Gasteiger partial charge in [-0.3, -0.25) is 4.79 Å². The van der Waals surface area contributed by atoms with Gasteiger partial charge in [0, 0.05) is 4.90 Å². The Morgan fingerprint density at radius 3 is 2.46 bits per heavy atom. The van der Waals surface area contributed by atoms with E-state index in [1.165, 1.54) is 6.92 Å². The fourth-order valence-corrected chi connectivity index (χ4v) is 4.00. The van der Waals surface area contributed by atoms with E-state index in [9.17, 15) is 35.5 Å². The summed E-state index contributed by atoms with van der Waals surface area (Å²) in [4.78, 5) is 12.3. The summed E-state index contributed by atoms with van der Waals surface area (Å²) >= 11 is 1.29. The van der Waals surface area contributed by atoms with Crippen LogP contribution in [0.15, 0.2) is 17.0 Å². The van der Waals surface area contributed by atoms with Gasteiger partial charge in [-0.2, -0.15) is 26.3 Å². The molecule has 1 aromatic carbocycles. The highest BCUT2D eigenvalue weighted by Gasteiger charge is 2.40. The molecule has 1 fully saturated rings. The first-order chi connectivity index (χ1) is 11.9. The van der Waals surface area contributed by atoms with Crippen LogP contribution in [0.25, 0.3) is 0 Å². The predicted octanol–water partition coefficient (Wildman–Crippen LogP) is 4.62. The molecule has 1 atom stereocenters. The fourth-order valence-electron chi connectivity index (χ4n) is 2.15. The fraction of sp³-hybridized carbons (Fsp3) is 0.500. The van der Waals surface area contributed by atoms with Gasteiger partial charge in [-0.1, -0.05) is 0 Å². The van der Waals surface area contributed by atoms with Crippen LogP contribution < -0.4 is 5.32 Å². The van der Waals surface area contributed by atoms with Crippen LogP contribution in [0, 0.1) is 12.7 Å². The zero-order chi connectivity index (χ0) is 19.7. The Kier molecular flexibility index (Phi) is 6.26. The summed E-state index contributed by atoms with van der Waals surface area (Å²) in [7, 11) is 0. The summed E-state index contributed by atoms with van der Waals surface area (Å²) in [5.74, 6) is -2.98. The Labute approximate surface area is 152 Å². The van der Waals surface area contributed by atoms with E-state index in [2.05, 4.69) is 5.32 Å². The molecule has 0 aliphatic carbocycles. The number of nitrogens with one attached hydrogen (secondary N) is 1. The lowest BCUT2D eigenvalue weighted by Crippen LogP contribution is -2.43. The van der Waals surface area contributed by atoms with Crippen LogP contribution in [0.3, 0.4) is 0 Å². The third-order valence-corrected chi connectivity index (χ3v) is 5.58. The number of hydrogen-bond acceptors (Lipinski definition) is 4. The van der Waals surface area contributed by atoms with E-state index >= 15 is 0 Å². The first-order valence-electron chi connectivity index (χ1n) is 7.10. The molecule has 1 aliphatic rings. The van der Waals surface area contributed by atoms with E-state index in [-0.39, 0.29) is 21.9 Å². The van der Waals surface area contributed by atoms with Crippen LogP contribution in [0.4, 0.5) is 36.4 Å². The Bertz CT molecular complexity index is 678. The van der Waals surface area contributed by atoms with E-state index in [4.69, 9.17) is 0 Å². The van der Waals surface area contributed by atoms with Gasteiger partial charge in [0.25, 0.3) is 0 Å². The standard InChI is InChI=1S/C14H13F7N2OS2/c1-7-2-8(15)9(3-10(7)26-6-14(19,20)21)22-12-23(5-13(16,17)18)11(24)4-25-12/h2-3,12,22H,4-6H2,1H3. The molecule has 1 aliphatic heterocycles. The van der Waals surface area contributed by atoms with Gasteiger partial charge in [-0.25, -0.2) is 4.39 Å². The molecule has 146 valence electrons. The average Bonchev–Trinajstić information content (AvgIpc) is 2.79. The summed E-state index contributed by atoms with van der Waals surface area (Å²) in [5.41, 5.74) is -1.16. The molecule has 26 heavy (non-hydrogen) atoms. The topological polar surface area (TPSA) is 32.3 Å². The van der Waals surface area contributed by atoms with Crippen LogP contribution in [0.5, 0.6) is 0 Å². The van der Waals surface area contributed by atoms with Gasteiger partial charge in [0.1, 0.15) is 12.4 Å². The zero-order valence-corrected chi connectivity index (χ0v) is 14.8. The van der Waals surface area contributed by atoms with Gasteiger partial charge in [-0.05, 0) is 24.6 Å². The molecule has 1 saturated heterocycles. The molecule has 2 rings (SSSR count). The number of benzene rings is 1. The number of amides is 1. The van der Waals surface area contributed by atoms with Crippen molar-refractivity contribution in [3.8, 4) is 0 Å². The van der Waals surface area contributed by atoms with Crippen molar-refractivity contribution in [1.82, 2.24) is 4.90 Å². The molecule has 1 unspecified atom stereocenters. The second-order valence-corrected chi connectivity index (χ2v) is 7.53. The Morgan fingerprint density at radius 2 is 1.88 bits per heavy atom. The van der Waals surface area contributed by atoms with Gasteiger partial charge >= 0.3 is 12.4 Å². The van der Waals surface area contributed by atoms with E-state index in [1.807, 2.05) is 0 Å². The van der Waals surface area contributed by atoms with Crippen molar-refractivity contribution in [2.75, 3.05) is 23.4 Å². The Balaban J connectivity index is 2.18. The molecular formula is C14H13F7N2OS2. The van der Waals surface area contributed by atoms with E-state index in [0.29, 0.717) is 16.7 Å². The molecule has 0 bridgehead atoms. The largest absolute Gasteiger partial charge is 0.406 e. The van der Waals surface area contributed by atoms with Crippen molar-refractivity contribution in [2.24, 2.45) is 0 Å². The molecule has 0 aromatic heterocycles. The molecule has 12 heteroatoms. The number of halogens is 7. The first-order valence-corrected chi connectivity index (χ1v) is 9.13. The van der Waals surface area contributed by atoms with Crippen molar-refractivity contribution in [3.63, 3.8) is 0 Å². The third kappa shape index (κ3) is 5.86. The first kappa shape index (κ1) is 21.0. The summed E-state index contributed by atoms with van der Waals surface area (Å²) in [6.45, 7) is -0.0744. The van der Waals surface area contributed by atoms with Crippen molar-refractivity contribution in [2.45, 2.75) is 29.7 Å². The smallest absolute Gasteiger partial charge is 0.354 e. The van der Waals surface area contributed by atoms with Crippen molar-refractivity contribution >= 4 is 35.1 Å². The number of alkyl halides is 6. The van der Waals surface area contributed by atoms with E-state index in [0.717, 1.165) is 23.9 Å². The van der Waals surface area contributed by atoms with Gasteiger partial charge in [0.2, 0.25) is 5.91 Å². The van der Waals surface area contributed by atoms with Crippen LogP contribution in [0.2, 0.25) is 0 Å². The van der Waals surface area contributed by atoms with Gasteiger partial charge in [0.15, 0.2) is 5.50 Å². The monoisotopic (exact) mass is 422 g/mol. The lowest BCUT2D eigenvalue weighted by atomic mass is 10.2. The summed E-state index contributed by atoms with van der Waals surface area (Å²) in [6, 6.07) is 2.10. The molecular weight excluding hydrogens is 409 g/mol. The normalized spacial score (nSPS) is 18.5. The van der Waals surface area contributed by atoms with Crippen LogP contribution in [0.1, 0.15) is 5.56 Å². The summed E-state index contributed by atoms with van der Waals surface area (Å²) < 4.78 is 89.0. The van der Waals surface area contributed by atoms with E-state index in [1.54, 1.807) is 0 Å². The minimum Gasteiger partial charge on any atom is -0.354 e. The summed E-state index contributed by atoms with van der Waals surface area (Å²) in [6.07, 6.45) is -9.05. The Morgan fingerprint density at radius 1 is 1.23 bits per heavy atom. The predicted molar refractivity (Wildman–Crippen MR) is 85.6 cm³/mol. The Hall–Kier alpha value is -1.30. The molecule has 1 amide bonds. The number of thioether (sulfide) groups is 2. The maximum absolute atomic E-state index is 14.1. The number of carbonyl (C=O) groups excluding carboxylic acids is 1. The van der Waals surface area contributed by atoms with Crippen molar-refractivity contribution < 1.29 is 35.5 Å². The lowest BCUT2D eigenvalue weighted by molar-refractivity contribution is -0.159. The molecule has 0 radical (unpaired) electrons. The molecule has 0 spiro atoms. The number of aryl methyl sites for hydroxylation is 1. The number of rotatable bonds is 5. The zero-order valence-electron chi connectivity index (χ0n) is 13.2. The van der Waals surface area contributed by atoms with Crippen LogP contribution >= 0.6 is 23.5 Å². The van der Waals surface area contributed by atoms with Gasteiger partial charge in [-0.15, -0.1) is 23.5 Å². The van der Waals surface area contributed by atoms with E-state index < -0.39 is 41.9 Å². The molecule has 0 saturated carbocycles. The maximum Gasteiger partial charge on any atom is 0.406 e. The second-order valence-electron chi connectivity index (χ2n) is 5.45.